The van der Waals surface area contributed by atoms with Crippen LogP contribution in [-0.2, 0) is 33.0 Å². The fourth-order valence-corrected chi connectivity index (χ4v) is 7.12. The van der Waals surface area contributed by atoms with E-state index in [1.165, 1.54) is 47.6 Å². The number of hydrogen-bond acceptors (Lipinski definition) is 8. The average Bonchev–Trinajstić information content (AvgIpc) is 3.26. The van der Waals surface area contributed by atoms with Gasteiger partial charge in [0.1, 0.15) is 17.2 Å². The molecule has 1 saturated carbocycles. The third kappa shape index (κ3) is 5.97. The lowest BCUT2D eigenvalue weighted by Gasteiger charge is -2.48. The van der Waals surface area contributed by atoms with Crippen molar-refractivity contribution in [3.05, 3.63) is 57.0 Å². The Balaban J connectivity index is 1.52. The molecule has 0 spiro atoms. The molecule has 2 aromatic rings. The molecular formula is C32H42FN7O6. The van der Waals surface area contributed by atoms with Crippen molar-refractivity contribution in [2.24, 2.45) is 5.41 Å². The number of benzene rings is 1. The van der Waals surface area contributed by atoms with Crippen molar-refractivity contribution in [2.75, 3.05) is 53.9 Å². The zero-order chi connectivity index (χ0) is 33.6. The summed E-state index contributed by atoms with van der Waals surface area (Å²) in [4.78, 5) is 76.7. The zero-order valence-electron chi connectivity index (χ0n) is 27.1. The Morgan fingerprint density at radius 3 is 2.26 bits per heavy atom. The van der Waals surface area contributed by atoms with Crippen molar-refractivity contribution in [1.29, 1.82) is 0 Å². The zero-order valence-corrected chi connectivity index (χ0v) is 27.1. The number of nitrogens with zero attached hydrogens (tertiary/aromatic N) is 6. The molecule has 4 heterocycles. The topological polar surface area (TPSA) is 148 Å². The van der Waals surface area contributed by atoms with Crippen LogP contribution in [0.25, 0.3) is 0 Å². The highest BCUT2D eigenvalue weighted by molar-refractivity contribution is 6.34. The van der Waals surface area contributed by atoms with Gasteiger partial charge >= 0.3 is 11.8 Å². The van der Waals surface area contributed by atoms with Crippen LogP contribution in [0.2, 0.25) is 0 Å². The number of aryl methyl sites for hydroxylation is 1. The van der Waals surface area contributed by atoms with E-state index in [4.69, 9.17) is 0 Å². The van der Waals surface area contributed by atoms with Crippen LogP contribution in [-0.4, -0.2) is 112 Å². The number of amides is 4. The van der Waals surface area contributed by atoms with E-state index in [-0.39, 0.29) is 30.6 Å². The van der Waals surface area contributed by atoms with Crippen LogP contribution in [0.4, 0.5) is 4.39 Å². The molecule has 2 fully saturated rings. The molecule has 1 aromatic heterocycles. The number of likely N-dealkylation sites (N-methyl/N-ethyl adjacent to an activating group) is 2. The van der Waals surface area contributed by atoms with E-state index in [2.05, 4.69) is 15.2 Å². The summed E-state index contributed by atoms with van der Waals surface area (Å²) >= 11 is 0. The summed E-state index contributed by atoms with van der Waals surface area (Å²) in [6.45, 7) is 6.57. The Kier molecular flexibility index (Phi) is 8.95. The van der Waals surface area contributed by atoms with E-state index in [1.54, 1.807) is 24.8 Å². The smallest absolute Gasteiger partial charge is 0.312 e. The second kappa shape index (κ2) is 12.5. The Bertz CT molecular complexity index is 1620. The number of carbonyl (C=O) groups excluding carboxylic acids is 4. The molecule has 1 aliphatic carbocycles. The second-order valence-electron chi connectivity index (χ2n) is 13.2. The summed E-state index contributed by atoms with van der Waals surface area (Å²) in [6, 6.07) is 4.41. The predicted octanol–water partition coefficient (Wildman–Crippen LogP) is 0.806. The minimum absolute atomic E-state index is 0.000359. The van der Waals surface area contributed by atoms with Crippen LogP contribution in [0, 0.1) is 18.2 Å². The number of fused-ring (bicyclic) bond motifs is 2. The lowest BCUT2D eigenvalue weighted by molar-refractivity contribution is -0.155. The normalized spacial score (nSPS) is 22.5. The van der Waals surface area contributed by atoms with Gasteiger partial charge in [-0.25, -0.2) is 9.37 Å². The average molecular weight is 640 g/mol. The van der Waals surface area contributed by atoms with Gasteiger partial charge in [-0.05, 0) is 49.8 Å². The third-order valence-electron chi connectivity index (χ3n) is 10.00. The molecule has 1 saturated heterocycles. The standard InChI is InChI=1S/C32H42FN7O6/c1-20-16-22(6-7-23(20)33)17-34-26(43)24-25(42)27(44)40-19-31(18-38-12-14-39(15-13-38)21(2)41)8-10-32(11-9-31,30(40)35-24)37(5)29(46)28(45)36(3)4/h6-7,16,42H,8-15,17-19H2,1-5H3,(H,34,43). The Morgan fingerprint density at radius 2 is 1.67 bits per heavy atom. The first kappa shape index (κ1) is 33.0. The van der Waals surface area contributed by atoms with Gasteiger partial charge in [-0.2, -0.15) is 0 Å². The van der Waals surface area contributed by atoms with Crippen molar-refractivity contribution in [3.8, 4) is 5.75 Å². The second-order valence-corrected chi connectivity index (χ2v) is 13.2. The maximum atomic E-state index is 13.9. The number of carbonyl (C=O) groups is 4. The van der Waals surface area contributed by atoms with E-state index in [9.17, 15) is 33.5 Å². The van der Waals surface area contributed by atoms with Gasteiger partial charge in [-0.3, -0.25) is 33.4 Å². The highest BCUT2D eigenvalue weighted by Gasteiger charge is 2.55. The molecule has 2 bridgehead atoms. The summed E-state index contributed by atoms with van der Waals surface area (Å²) in [5, 5.41) is 13.7. The molecule has 14 heteroatoms. The molecule has 3 aliphatic heterocycles. The van der Waals surface area contributed by atoms with Crippen LogP contribution in [0.1, 0.15) is 60.0 Å². The van der Waals surface area contributed by atoms with Crippen LogP contribution in [0.15, 0.2) is 23.0 Å². The third-order valence-corrected chi connectivity index (χ3v) is 10.00. The van der Waals surface area contributed by atoms with Crippen LogP contribution in [0.5, 0.6) is 5.75 Å². The molecular weight excluding hydrogens is 597 g/mol. The van der Waals surface area contributed by atoms with Gasteiger partial charge in [0.15, 0.2) is 5.69 Å². The predicted molar refractivity (Wildman–Crippen MR) is 165 cm³/mol. The molecule has 0 radical (unpaired) electrons. The highest BCUT2D eigenvalue weighted by Crippen LogP contribution is 2.52. The fourth-order valence-electron chi connectivity index (χ4n) is 7.12. The number of aromatic nitrogens is 2. The molecule has 4 amide bonds. The lowest BCUT2D eigenvalue weighted by Crippen LogP contribution is -2.55. The number of hydrogen-bond donors (Lipinski definition) is 2. The maximum Gasteiger partial charge on any atom is 0.312 e. The first-order chi connectivity index (χ1) is 21.7. The largest absolute Gasteiger partial charge is 0.501 e. The van der Waals surface area contributed by atoms with Gasteiger partial charge in [0.2, 0.25) is 11.7 Å². The summed E-state index contributed by atoms with van der Waals surface area (Å²) < 4.78 is 15.1. The van der Waals surface area contributed by atoms with Gasteiger partial charge in [-0.15, -0.1) is 0 Å². The molecule has 0 unspecified atom stereocenters. The van der Waals surface area contributed by atoms with Crippen molar-refractivity contribution < 1.29 is 28.7 Å². The molecule has 13 nitrogen and oxygen atoms in total. The monoisotopic (exact) mass is 639 g/mol. The van der Waals surface area contributed by atoms with E-state index < -0.39 is 45.7 Å². The summed E-state index contributed by atoms with van der Waals surface area (Å²) in [5.74, 6) is -3.31. The summed E-state index contributed by atoms with van der Waals surface area (Å²) in [7, 11) is 4.48. The quantitative estimate of drug-likeness (QED) is 0.442. The van der Waals surface area contributed by atoms with E-state index in [0.29, 0.717) is 69.5 Å². The fraction of sp³-hybridized carbons (Fsp3) is 0.562. The van der Waals surface area contributed by atoms with Crippen LogP contribution < -0.4 is 10.9 Å². The molecule has 2 N–H and O–H groups in total. The van der Waals surface area contributed by atoms with Gasteiger partial charge in [0.25, 0.3) is 11.5 Å². The van der Waals surface area contributed by atoms with Crippen molar-refractivity contribution >= 4 is 23.6 Å². The number of piperazine rings is 1. The van der Waals surface area contributed by atoms with Gasteiger partial charge in [0.05, 0.1) is 0 Å². The SMILES string of the molecule is CC(=O)N1CCN(CC23CCC(N(C)C(=O)C(=O)N(C)C)(CC2)c2nc(C(=O)NCc4ccc(F)c(C)c4)c(O)c(=O)n2C3)CC1. The van der Waals surface area contributed by atoms with Crippen molar-refractivity contribution in [1.82, 2.24) is 34.5 Å². The number of halogens is 1. The van der Waals surface area contributed by atoms with Gasteiger partial charge in [-0.1, -0.05) is 12.1 Å². The van der Waals surface area contributed by atoms with Gasteiger partial charge < -0.3 is 25.1 Å². The van der Waals surface area contributed by atoms with Crippen LogP contribution in [0.3, 0.4) is 0 Å². The van der Waals surface area contributed by atoms with E-state index in [1.807, 2.05) is 0 Å². The molecule has 1 aromatic carbocycles. The first-order valence-electron chi connectivity index (χ1n) is 15.5. The molecule has 6 rings (SSSR count). The lowest BCUT2D eigenvalue weighted by atomic mass is 9.67. The Hall–Kier alpha value is -4.33. The number of nitrogens with one attached hydrogen (secondary N) is 1. The molecule has 46 heavy (non-hydrogen) atoms. The molecule has 4 aliphatic rings. The minimum Gasteiger partial charge on any atom is -0.501 e. The molecule has 248 valence electrons. The van der Waals surface area contributed by atoms with Crippen molar-refractivity contribution in [3.63, 3.8) is 0 Å². The molecule has 0 atom stereocenters. The maximum absolute atomic E-state index is 13.9. The van der Waals surface area contributed by atoms with Crippen LogP contribution >= 0.6 is 0 Å². The number of rotatable bonds is 6. The first-order valence-corrected chi connectivity index (χ1v) is 15.5. The Morgan fingerprint density at radius 1 is 1.02 bits per heavy atom. The van der Waals surface area contributed by atoms with Crippen molar-refractivity contribution in [2.45, 2.75) is 58.2 Å². The number of aromatic hydroxyl groups is 1. The van der Waals surface area contributed by atoms with Gasteiger partial charge in [0, 0.05) is 79.3 Å². The van der Waals surface area contributed by atoms with E-state index >= 15 is 0 Å². The summed E-state index contributed by atoms with van der Waals surface area (Å²) in [5.41, 5.74) is -1.85. The Labute approximate surface area is 267 Å². The minimum atomic E-state index is -1.19. The van der Waals surface area contributed by atoms with E-state index in [0.717, 1.165) is 0 Å². The highest BCUT2D eigenvalue weighted by atomic mass is 19.1. The summed E-state index contributed by atoms with van der Waals surface area (Å²) in [6.07, 6.45) is 1.97.